The lowest BCUT2D eigenvalue weighted by atomic mass is 10.5. The quantitative estimate of drug-likeness (QED) is 0.694. The van der Waals surface area contributed by atoms with E-state index in [9.17, 15) is 0 Å². The third kappa shape index (κ3) is 0.948. The van der Waals surface area contributed by atoms with Crippen LogP contribution in [0.3, 0.4) is 0 Å². The zero-order valence-corrected chi connectivity index (χ0v) is 6.93. The molecular weight excluding hydrogens is 160 g/mol. The summed E-state index contributed by atoms with van der Waals surface area (Å²) in [6.07, 6.45) is 3.73. The van der Waals surface area contributed by atoms with Gasteiger partial charge in [-0.25, -0.2) is 4.98 Å². The number of hydrogen-bond acceptors (Lipinski definition) is 3. The summed E-state index contributed by atoms with van der Waals surface area (Å²) in [5.41, 5.74) is 0.767. The molecule has 0 aliphatic heterocycles. The molecule has 0 aliphatic carbocycles. The van der Waals surface area contributed by atoms with Crippen LogP contribution in [-0.4, -0.2) is 14.5 Å². The molecule has 0 radical (unpaired) electrons. The Morgan fingerprint density at radius 1 is 1.73 bits per heavy atom. The second-order valence-corrected chi connectivity index (χ2v) is 3.64. The van der Waals surface area contributed by atoms with Crippen LogP contribution in [-0.2, 0) is 6.61 Å². The molecule has 2 heterocycles. The first-order valence-corrected chi connectivity index (χ1v) is 4.16. The van der Waals surface area contributed by atoms with Gasteiger partial charge in [-0.15, -0.1) is 11.3 Å². The van der Waals surface area contributed by atoms with Gasteiger partial charge in [0, 0.05) is 11.1 Å². The van der Waals surface area contributed by atoms with Gasteiger partial charge in [0.05, 0.1) is 6.61 Å². The largest absolute Gasteiger partial charge is 0.390 e. The van der Waals surface area contributed by atoms with Gasteiger partial charge in [-0.2, -0.15) is 0 Å². The van der Waals surface area contributed by atoms with Crippen molar-refractivity contribution in [3.05, 3.63) is 23.1 Å². The van der Waals surface area contributed by atoms with Gasteiger partial charge < -0.3 is 5.11 Å². The molecule has 0 aromatic carbocycles. The highest BCUT2D eigenvalue weighted by molar-refractivity contribution is 7.17. The van der Waals surface area contributed by atoms with Crippen molar-refractivity contribution in [2.75, 3.05) is 0 Å². The van der Waals surface area contributed by atoms with Crippen molar-refractivity contribution in [2.45, 2.75) is 13.5 Å². The Bertz CT molecular complexity index is 377. The summed E-state index contributed by atoms with van der Waals surface area (Å²) in [5.74, 6) is 0. The highest BCUT2D eigenvalue weighted by Crippen LogP contribution is 2.19. The van der Waals surface area contributed by atoms with Gasteiger partial charge in [-0.3, -0.25) is 4.40 Å². The van der Waals surface area contributed by atoms with E-state index in [1.54, 1.807) is 17.7 Å². The Labute approximate surface area is 67.9 Å². The predicted molar refractivity (Wildman–Crippen MR) is 43.7 cm³/mol. The molecule has 0 saturated carbocycles. The molecule has 0 spiro atoms. The molecule has 0 fully saturated rings. The minimum absolute atomic E-state index is 0.0243. The number of aromatic nitrogens is 2. The van der Waals surface area contributed by atoms with Gasteiger partial charge in [0.2, 0.25) is 0 Å². The average molecular weight is 168 g/mol. The Hall–Kier alpha value is -0.870. The summed E-state index contributed by atoms with van der Waals surface area (Å²) >= 11 is 1.65. The topological polar surface area (TPSA) is 37.5 Å². The lowest BCUT2D eigenvalue weighted by Crippen LogP contribution is -1.79. The number of fused-ring (bicyclic) bond motifs is 1. The van der Waals surface area contributed by atoms with E-state index in [2.05, 4.69) is 4.98 Å². The number of thiazole rings is 1. The molecule has 1 N–H and O–H groups in total. The Kier molecular flexibility index (Phi) is 1.44. The van der Waals surface area contributed by atoms with Crippen molar-refractivity contribution >= 4 is 16.2 Å². The molecule has 0 saturated heterocycles. The molecule has 0 atom stereocenters. The Morgan fingerprint density at radius 3 is 3.27 bits per heavy atom. The van der Waals surface area contributed by atoms with E-state index in [1.165, 1.54) is 4.88 Å². The van der Waals surface area contributed by atoms with Crippen LogP contribution in [0.5, 0.6) is 0 Å². The minimum Gasteiger partial charge on any atom is -0.390 e. The summed E-state index contributed by atoms with van der Waals surface area (Å²) in [6.45, 7) is 2.06. The molecule has 2 aromatic heterocycles. The van der Waals surface area contributed by atoms with Crippen LogP contribution in [0.4, 0.5) is 0 Å². The smallest absolute Gasteiger partial charge is 0.125 e. The van der Waals surface area contributed by atoms with E-state index in [4.69, 9.17) is 5.11 Å². The first-order chi connectivity index (χ1) is 5.31. The van der Waals surface area contributed by atoms with E-state index in [0.29, 0.717) is 0 Å². The summed E-state index contributed by atoms with van der Waals surface area (Å²) in [7, 11) is 0. The standard InChI is InChI=1S/C7H8N2OS/c1-5-2-9-4-8-6(3-10)7(9)11-5/h2,4,10H,3H2,1H3. The third-order valence-electron chi connectivity index (χ3n) is 1.55. The van der Waals surface area contributed by atoms with Crippen LogP contribution in [0.15, 0.2) is 12.5 Å². The molecule has 4 heteroatoms. The molecule has 0 amide bonds. The predicted octanol–water partition coefficient (Wildman–Crippen LogP) is 1.20. The number of aliphatic hydroxyl groups excluding tert-OH is 1. The van der Waals surface area contributed by atoms with Crippen LogP contribution in [0.1, 0.15) is 10.6 Å². The zero-order chi connectivity index (χ0) is 7.84. The molecule has 0 unspecified atom stereocenters. The van der Waals surface area contributed by atoms with Gasteiger partial charge in [-0.05, 0) is 6.92 Å². The molecule has 0 bridgehead atoms. The highest BCUT2D eigenvalue weighted by Gasteiger charge is 2.04. The molecule has 2 rings (SSSR count). The Morgan fingerprint density at radius 2 is 2.55 bits per heavy atom. The van der Waals surface area contributed by atoms with Gasteiger partial charge in [0.15, 0.2) is 0 Å². The van der Waals surface area contributed by atoms with Crippen LogP contribution in [0.2, 0.25) is 0 Å². The first kappa shape index (κ1) is 6.82. The highest BCUT2D eigenvalue weighted by atomic mass is 32.1. The number of hydrogen-bond donors (Lipinski definition) is 1. The number of imidazole rings is 1. The van der Waals surface area contributed by atoms with E-state index < -0.39 is 0 Å². The fourth-order valence-corrected chi connectivity index (χ4v) is 1.99. The van der Waals surface area contributed by atoms with Crippen LogP contribution >= 0.6 is 11.3 Å². The van der Waals surface area contributed by atoms with Crippen molar-refractivity contribution in [2.24, 2.45) is 0 Å². The van der Waals surface area contributed by atoms with Gasteiger partial charge in [0.1, 0.15) is 16.9 Å². The van der Waals surface area contributed by atoms with Gasteiger partial charge in [0.25, 0.3) is 0 Å². The fourth-order valence-electron chi connectivity index (χ4n) is 1.08. The van der Waals surface area contributed by atoms with Crippen LogP contribution in [0, 0.1) is 6.92 Å². The van der Waals surface area contributed by atoms with Crippen molar-refractivity contribution < 1.29 is 5.11 Å². The van der Waals surface area contributed by atoms with Gasteiger partial charge in [-0.1, -0.05) is 0 Å². The Balaban J connectivity index is 2.73. The SMILES string of the molecule is Cc1cn2cnc(CO)c2s1. The summed E-state index contributed by atoms with van der Waals surface area (Å²) in [6, 6.07) is 0. The van der Waals surface area contributed by atoms with E-state index in [0.717, 1.165) is 10.5 Å². The molecule has 11 heavy (non-hydrogen) atoms. The zero-order valence-electron chi connectivity index (χ0n) is 6.11. The minimum atomic E-state index is 0.0243. The van der Waals surface area contributed by atoms with Crippen molar-refractivity contribution in [3.63, 3.8) is 0 Å². The van der Waals surface area contributed by atoms with Crippen molar-refractivity contribution in [3.8, 4) is 0 Å². The van der Waals surface area contributed by atoms with Crippen LogP contribution in [0.25, 0.3) is 4.83 Å². The maximum Gasteiger partial charge on any atom is 0.125 e. The molecule has 0 aliphatic rings. The number of rotatable bonds is 1. The normalized spacial score (nSPS) is 11.1. The fraction of sp³-hybridized carbons (Fsp3) is 0.286. The van der Waals surface area contributed by atoms with E-state index in [1.807, 2.05) is 17.5 Å². The van der Waals surface area contributed by atoms with Gasteiger partial charge >= 0.3 is 0 Å². The maximum atomic E-state index is 8.86. The molecular formula is C7H8N2OS. The maximum absolute atomic E-state index is 8.86. The molecule has 2 aromatic rings. The first-order valence-electron chi connectivity index (χ1n) is 3.34. The summed E-state index contributed by atoms with van der Waals surface area (Å²) < 4.78 is 1.94. The summed E-state index contributed by atoms with van der Waals surface area (Å²) in [4.78, 5) is 6.32. The second kappa shape index (κ2) is 2.32. The van der Waals surface area contributed by atoms with Crippen molar-refractivity contribution in [1.29, 1.82) is 0 Å². The molecule has 58 valence electrons. The van der Waals surface area contributed by atoms with Crippen molar-refractivity contribution in [1.82, 2.24) is 9.38 Å². The van der Waals surface area contributed by atoms with E-state index in [-0.39, 0.29) is 6.61 Å². The lowest BCUT2D eigenvalue weighted by molar-refractivity contribution is 0.279. The van der Waals surface area contributed by atoms with E-state index >= 15 is 0 Å². The monoisotopic (exact) mass is 168 g/mol. The summed E-state index contributed by atoms with van der Waals surface area (Å²) in [5, 5.41) is 8.86. The second-order valence-electron chi connectivity index (χ2n) is 2.40. The average Bonchev–Trinajstić information content (AvgIpc) is 2.45. The third-order valence-corrected chi connectivity index (χ3v) is 2.61. The number of nitrogens with zero attached hydrogens (tertiary/aromatic N) is 2. The number of aliphatic hydroxyl groups is 1. The molecule has 3 nitrogen and oxygen atoms in total. The van der Waals surface area contributed by atoms with Crippen LogP contribution < -0.4 is 0 Å². The lowest BCUT2D eigenvalue weighted by Gasteiger charge is -1.83. The number of aryl methyl sites for hydroxylation is 1.